The van der Waals surface area contributed by atoms with E-state index < -0.39 is 5.60 Å². The fourth-order valence-corrected chi connectivity index (χ4v) is 2.55. The molecule has 1 aromatic carbocycles. The third-order valence-corrected chi connectivity index (χ3v) is 3.96. The van der Waals surface area contributed by atoms with Crippen LogP contribution >= 0.6 is 0 Å². The summed E-state index contributed by atoms with van der Waals surface area (Å²) in [5.74, 6) is -0.0866. The van der Waals surface area contributed by atoms with Crippen molar-refractivity contribution in [1.82, 2.24) is 5.32 Å². The van der Waals surface area contributed by atoms with E-state index in [1.165, 1.54) is 0 Å². The van der Waals surface area contributed by atoms with Crippen LogP contribution in [0.1, 0.15) is 47.2 Å². The maximum atomic E-state index is 12.1. The van der Waals surface area contributed by atoms with E-state index in [1.54, 1.807) is 0 Å². The Balaban J connectivity index is 2.01. The first-order valence-corrected chi connectivity index (χ1v) is 6.59. The lowest BCUT2D eigenvalue weighted by molar-refractivity contribution is 0.0449. The van der Waals surface area contributed by atoms with Crippen LogP contribution < -0.4 is 5.32 Å². The lowest BCUT2D eigenvalue weighted by Gasteiger charge is -2.22. The summed E-state index contributed by atoms with van der Waals surface area (Å²) in [6.07, 6.45) is 3.69. The molecule has 1 saturated carbocycles. The smallest absolute Gasteiger partial charge is 0.251 e. The summed E-state index contributed by atoms with van der Waals surface area (Å²) in [7, 11) is 0. The third-order valence-electron chi connectivity index (χ3n) is 3.96. The van der Waals surface area contributed by atoms with Crippen molar-refractivity contribution < 1.29 is 9.90 Å². The molecule has 0 atom stereocenters. The molecular formula is C15H21NO2. The first-order chi connectivity index (χ1) is 8.52. The average Bonchev–Trinajstić information content (AvgIpc) is 2.77. The minimum atomic E-state index is -0.687. The number of aryl methyl sites for hydroxylation is 1. The van der Waals surface area contributed by atoms with Gasteiger partial charge in [0.15, 0.2) is 0 Å². The van der Waals surface area contributed by atoms with E-state index >= 15 is 0 Å². The molecule has 0 bridgehead atoms. The van der Waals surface area contributed by atoms with Crippen molar-refractivity contribution in [1.29, 1.82) is 0 Å². The van der Waals surface area contributed by atoms with Gasteiger partial charge in [0.1, 0.15) is 0 Å². The van der Waals surface area contributed by atoms with E-state index in [-0.39, 0.29) is 5.91 Å². The number of rotatable bonds is 3. The first-order valence-electron chi connectivity index (χ1n) is 6.59. The molecule has 2 rings (SSSR count). The van der Waals surface area contributed by atoms with Gasteiger partial charge in [0.05, 0.1) is 5.60 Å². The van der Waals surface area contributed by atoms with E-state index in [9.17, 15) is 9.90 Å². The lowest BCUT2D eigenvalue weighted by Crippen LogP contribution is -2.41. The van der Waals surface area contributed by atoms with Crippen LogP contribution in [0, 0.1) is 13.8 Å². The minimum Gasteiger partial charge on any atom is -0.388 e. The molecule has 0 heterocycles. The summed E-state index contributed by atoms with van der Waals surface area (Å²) in [6, 6.07) is 5.72. The second-order valence-electron chi connectivity index (χ2n) is 5.36. The van der Waals surface area contributed by atoms with E-state index in [0.29, 0.717) is 12.1 Å². The molecule has 0 saturated heterocycles. The molecule has 1 amide bonds. The molecule has 3 nitrogen and oxygen atoms in total. The molecule has 1 fully saturated rings. The quantitative estimate of drug-likeness (QED) is 0.861. The summed E-state index contributed by atoms with van der Waals surface area (Å²) in [4.78, 5) is 12.1. The predicted octanol–water partition coefficient (Wildman–Crippen LogP) is 2.34. The summed E-state index contributed by atoms with van der Waals surface area (Å²) in [5.41, 5.74) is 2.14. The molecule has 1 aliphatic carbocycles. The van der Waals surface area contributed by atoms with Crippen molar-refractivity contribution >= 4 is 5.91 Å². The van der Waals surface area contributed by atoms with Gasteiger partial charge < -0.3 is 10.4 Å². The second kappa shape index (κ2) is 5.11. The van der Waals surface area contributed by atoms with Gasteiger partial charge in [-0.25, -0.2) is 0 Å². The Bertz CT molecular complexity index is 448. The van der Waals surface area contributed by atoms with Gasteiger partial charge in [-0.15, -0.1) is 0 Å². The SMILES string of the molecule is Cc1cccc(C(=O)NCC2(O)CCCC2)c1C. The number of amides is 1. The predicted molar refractivity (Wildman–Crippen MR) is 71.7 cm³/mol. The van der Waals surface area contributed by atoms with Crippen molar-refractivity contribution in [3.8, 4) is 0 Å². The van der Waals surface area contributed by atoms with Gasteiger partial charge in [-0.1, -0.05) is 25.0 Å². The maximum Gasteiger partial charge on any atom is 0.251 e. The fraction of sp³-hybridized carbons (Fsp3) is 0.533. The number of hydrogen-bond acceptors (Lipinski definition) is 2. The van der Waals surface area contributed by atoms with Crippen molar-refractivity contribution in [2.24, 2.45) is 0 Å². The average molecular weight is 247 g/mol. The van der Waals surface area contributed by atoms with Gasteiger partial charge in [-0.3, -0.25) is 4.79 Å². The van der Waals surface area contributed by atoms with Gasteiger partial charge in [0.2, 0.25) is 0 Å². The van der Waals surface area contributed by atoms with Crippen molar-refractivity contribution in [3.05, 3.63) is 34.9 Å². The standard InChI is InChI=1S/C15H21NO2/c1-11-6-5-7-13(12(11)2)14(17)16-10-15(18)8-3-4-9-15/h5-7,18H,3-4,8-10H2,1-2H3,(H,16,17). The number of aliphatic hydroxyl groups is 1. The molecule has 0 radical (unpaired) electrons. The lowest BCUT2D eigenvalue weighted by atomic mass is 10.0. The number of carbonyl (C=O) groups is 1. The maximum absolute atomic E-state index is 12.1. The molecule has 1 aliphatic rings. The Kier molecular flexibility index (Phi) is 3.71. The van der Waals surface area contributed by atoms with Gasteiger partial charge >= 0.3 is 0 Å². The molecule has 3 heteroatoms. The Hall–Kier alpha value is -1.35. The topological polar surface area (TPSA) is 49.3 Å². The molecule has 1 aromatic rings. The monoisotopic (exact) mass is 247 g/mol. The molecule has 0 spiro atoms. The van der Waals surface area contributed by atoms with Gasteiger partial charge in [-0.2, -0.15) is 0 Å². The number of nitrogens with one attached hydrogen (secondary N) is 1. The summed E-state index contributed by atoms with van der Waals surface area (Å²) < 4.78 is 0. The van der Waals surface area contributed by atoms with Crippen LogP contribution in [0.4, 0.5) is 0 Å². The molecule has 98 valence electrons. The highest BCUT2D eigenvalue weighted by Gasteiger charge is 2.31. The molecular weight excluding hydrogens is 226 g/mol. The Morgan fingerprint density at radius 3 is 2.67 bits per heavy atom. The van der Waals surface area contributed by atoms with E-state index in [0.717, 1.165) is 36.8 Å². The fourth-order valence-electron chi connectivity index (χ4n) is 2.55. The summed E-state index contributed by atoms with van der Waals surface area (Å²) in [5, 5.41) is 13.1. The molecule has 0 unspecified atom stereocenters. The number of benzene rings is 1. The van der Waals surface area contributed by atoms with Crippen molar-refractivity contribution in [3.63, 3.8) is 0 Å². The minimum absolute atomic E-state index is 0.0866. The Morgan fingerprint density at radius 1 is 1.33 bits per heavy atom. The normalized spacial score (nSPS) is 17.7. The van der Waals surface area contributed by atoms with E-state index in [4.69, 9.17) is 0 Å². The van der Waals surface area contributed by atoms with Gasteiger partial charge in [0.25, 0.3) is 5.91 Å². The second-order valence-corrected chi connectivity index (χ2v) is 5.36. The number of hydrogen-bond donors (Lipinski definition) is 2. The van der Waals surface area contributed by atoms with Gasteiger partial charge in [-0.05, 0) is 43.9 Å². The molecule has 18 heavy (non-hydrogen) atoms. The van der Waals surface area contributed by atoms with Crippen LogP contribution in [-0.4, -0.2) is 23.2 Å². The van der Waals surface area contributed by atoms with Crippen LogP contribution in [0.25, 0.3) is 0 Å². The number of carbonyl (C=O) groups excluding carboxylic acids is 1. The van der Waals surface area contributed by atoms with Crippen LogP contribution in [0.2, 0.25) is 0 Å². The van der Waals surface area contributed by atoms with Crippen LogP contribution in [0.5, 0.6) is 0 Å². The Labute approximate surface area is 108 Å². The van der Waals surface area contributed by atoms with Gasteiger partial charge in [0, 0.05) is 12.1 Å². The van der Waals surface area contributed by atoms with Crippen molar-refractivity contribution in [2.75, 3.05) is 6.54 Å². The summed E-state index contributed by atoms with van der Waals surface area (Å²) in [6.45, 7) is 4.31. The van der Waals surface area contributed by atoms with Crippen LogP contribution in [0.15, 0.2) is 18.2 Å². The summed E-state index contributed by atoms with van der Waals surface area (Å²) >= 11 is 0. The van der Waals surface area contributed by atoms with E-state index in [2.05, 4.69) is 5.32 Å². The highest BCUT2D eigenvalue weighted by molar-refractivity contribution is 5.95. The van der Waals surface area contributed by atoms with E-state index in [1.807, 2.05) is 32.0 Å². The first kappa shape index (κ1) is 13.1. The molecule has 2 N–H and O–H groups in total. The molecule has 0 aliphatic heterocycles. The third kappa shape index (κ3) is 2.72. The largest absolute Gasteiger partial charge is 0.388 e. The Morgan fingerprint density at radius 2 is 2.00 bits per heavy atom. The van der Waals surface area contributed by atoms with Crippen LogP contribution in [0.3, 0.4) is 0 Å². The zero-order chi connectivity index (χ0) is 13.2. The highest BCUT2D eigenvalue weighted by Crippen LogP contribution is 2.28. The zero-order valence-corrected chi connectivity index (χ0v) is 11.1. The van der Waals surface area contributed by atoms with Crippen molar-refractivity contribution in [2.45, 2.75) is 45.1 Å². The highest BCUT2D eigenvalue weighted by atomic mass is 16.3. The molecule has 0 aromatic heterocycles. The zero-order valence-electron chi connectivity index (χ0n) is 11.1. The van der Waals surface area contributed by atoms with Crippen LogP contribution in [-0.2, 0) is 0 Å².